The average Bonchev–Trinajstić information content (AvgIpc) is 2.25. The summed E-state index contributed by atoms with van der Waals surface area (Å²) in [6, 6.07) is 6.12. The van der Waals surface area contributed by atoms with Gasteiger partial charge in [-0.25, -0.2) is 0 Å². The monoisotopic (exact) mass is 211 g/mol. The molecule has 0 N–H and O–H groups in total. The second kappa shape index (κ2) is 5.23. The van der Waals surface area contributed by atoms with Crippen molar-refractivity contribution in [1.82, 2.24) is 4.90 Å². The van der Waals surface area contributed by atoms with E-state index in [4.69, 9.17) is 6.42 Å². The third-order valence-corrected chi connectivity index (χ3v) is 2.26. The summed E-state index contributed by atoms with van der Waals surface area (Å²) in [7, 11) is 3.96. The van der Waals surface area contributed by atoms with Crippen molar-refractivity contribution in [2.75, 3.05) is 14.1 Å². The zero-order chi connectivity index (χ0) is 12.1. The quantitative estimate of drug-likeness (QED) is 0.548. The maximum absolute atomic E-state index is 5.52. The van der Waals surface area contributed by atoms with E-state index in [1.807, 2.05) is 50.3 Å². The first-order valence-electron chi connectivity index (χ1n) is 5.16. The molecule has 0 aliphatic rings. The Hall–Kier alpha value is -1.94. The smallest absolute Gasteiger partial charge is 0.0324 e. The zero-order valence-electron chi connectivity index (χ0n) is 10.1. The van der Waals surface area contributed by atoms with Crippen LogP contribution in [0.25, 0.3) is 5.57 Å². The molecule has 1 heteroatoms. The van der Waals surface area contributed by atoms with Crippen LogP contribution >= 0.6 is 0 Å². The van der Waals surface area contributed by atoms with Crippen molar-refractivity contribution < 1.29 is 0 Å². The summed E-state index contributed by atoms with van der Waals surface area (Å²) in [5, 5.41) is 0. The minimum absolute atomic E-state index is 0.910. The molecule has 0 atom stereocenters. The lowest BCUT2D eigenvalue weighted by Gasteiger charge is -2.11. The standard InChI is InChI=1S/C15H17N/c1-6-13-10-12(3)8-9-15(13)14(7-2)11-16(4)5/h1,7-11H,2H2,3-5H3/b14-11+. The van der Waals surface area contributed by atoms with Gasteiger partial charge in [0.2, 0.25) is 0 Å². The first kappa shape index (κ1) is 12.1. The molecule has 0 amide bonds. The molecule has 0 aliphatic carbocycles. The molecule has 1 rings (SSSR count). The summed E-state index contributed by atoms with van der Waals surface area (Å²) in [5.74, 6) is 2.72. The topological polar surface area (TPSA) is 3.24 Å². The number of nitrogens with zero attached hydrogens (tertiary/aromatic N) is 1. The number of hydrogen-bond donors (Lipinski definition) is 0. The van der Waals surface area contributed by atoms with E-state index in [2.05, 4.69) is 18.6 Å². The Labute approximate surface area is 98.1 Å². The number of hydrogen-bond acceptors (Lipinski definition) is 1. The molecule has 82 valence electrons. The molecular formula is C15H17N. The van der Waals surface area contributed by atoms with Gasteiger partial charge in [-0.15, -0.1) is 6.42 Å². The van der Waals surface area contributed by atoms with Gasteiger partial charge in [0.25, 0.3) is 0 Å². The minimum Gasteiger partial charge on any atom is -0.383 e. The molecule has 0 bridgehead atoms. The molecule has 1 aromatic carbocycles. The van der Waals surface area contributed by atoms with Crippen molar-refractivity contribution in [2.45, 2.75) is 6.92 Å². The van der Waals surface area contributed by atoms with Gasteiger partial charge in [0.05, 0.1) is 0 Å². The largest absolute Gasteiger partial charge is 0.383 e. The van der Waals surface area contributed by atoms with Crippen LogP contribution in [0, 0.1) is 19.3 Å². The van der Waals surface area contributed by atoms with Crippen LogP contribution in [-0.4, -0.2) is 19.0 Å². The van der Waals surface area contributed by atoms with Crippen LogP contribution in [0.3, 0.4) is 0 Å². The van der Waals surface area contributed by atoms with Crippen molar-refractivity contribution in [1.29, 1.82) is 0 Å². The molecule has 0 heterocycles. The van der Waals surface area contributed by atoms with Crippen LogP contribution in [0.15, 0.2) is 37.1 Å². The van der Waals surface area contributed by atoms with E-state index >= 15 is 0 Å². The Bertz CT molecular complexity index is 459. The van der Waals surface area contributed by atoms with E-state index in [9.17, 15) is 0 Å². The number of allylic oxidation sites excluding steroid dienone is 2. The third kappa shape index (κ3) is 2.77. The molecule has 0 fully saturated rings. The molecule has 0 spiro atoms. The summed E-state index contributed by atoms with van der Waals surface area (Å²) in [4.78, 5) is 1.98. The maximum Gasteiger partial charge on any atom is 0.0324 e. The van der Waals surface area contributed by atoms with Gasteiger partial charge in [0.15, 0.2) is 0 Å². The second-order valence-corrected chi connectivity index (χ2v) is 3.95. The van der Waals surface area contributed by atoms with Gasteiger partial charge in [0, 0.05) is 25.9 Å². The third-order valence-electron chi connectivity index (χ3n) is 2.26. The Balaban J connectivity index is 3.32. The lowest BCUT2D eigenvalue weighted by molar-refractivity contribution is 0.566. The van der Waals surface area contributed by atoms with Crippen molar-refractivity contribution in [3.05, 3.63) is 53.7 Å². The lowest BCUT2D eigenvalue weighted by Crippen LogP contribution is -2.02. The lowest BCUT2D eigenvalue weighted by atomic mass is 9.98. The van der Waals surface area contributed by atoms with Crippen LogP contribution in [0.5, 0.6) is 0 Å². The number of aryl methyl sites for hydroxylation is 1. The minimum atomic E-state index is 0.910. The molecule has 0 saturated carbocycles. The van der Waals surface area contributed by atoms with Crippen molar-refractivity contribution in [3.8, 4) is 12.3 Å². The first-order valence-corrected chi connectivity index (χ1v) is 5.16. The van der Waals surface area contributed by atoms with Crippen LogP contribution in [0.2, 0.25) is 0 Å². The first-order chi connectivity index (χ1) is 7.58. The molecule has 0 saturated heterocycles. The second-order valence-electron chi connectivity index (χ2n) is 3.95. The Kier molecular flexibility index (Phi) is 3.96. The highest BCUT2D eigenvalue weighted by molar-refractivity contribution is 5.77. The summed E-state index contributed by atoms with van der Waals surface area (Å²) in [6.45, 7) is 5.86. The van der Waals surface area contributed by atoms with Crippen LogP contribution in [0.1, 0.15) is 16.7 Å². The van der Waals surface area contributed by atoms with Gasteiger partial charge in [-0.1, -0.05) is 30.7 Å². The van der Waals surface area contributed by atoms with Gasteiger partial charge in [0.1, 0.15) is 0 Å². The van der Waals surface area contributed by atoms with E-state index < -0.39 is 0 Å². The number of benzene rings is 1. The molecule has 0 radical (unpaired) electrons. The van der Waals surface area contributed by atoms with E-state index in [0.717, 1.165) is 16.7 Å². The Morgan fingerprint density at radius 1 is 1.44 bits per heavy atom. The van der Waals surface area contributed by atoms with Crippen LogP contribution < -0.4 is 0 Å². The van der Waals surface area contributed by atoms with E-state index in [1.54, 1.807) is 0 Å². The summed E-state index contributed by atoms with van der Waals surface area (Å²) >= 11 is 0. The predicted molar refractivity (Wildman–Crippen MR) is 71.0 cm³/mol. The SMILES string of the molecule is C#Cc1cc(C)ccc1/C(C=C)=C/N(C)C. The van der Waals surface area contributed by atoms with Crippen molar-refractivity contribution >= 4 is 5.57 Å². The number of rotatable bonds is 3. The normalized spacial score (nSPS) is 10.8. The van der Waals surface area contributed by atoms with Crippen molar-refractivity contribution in [2.24, 2.45) is 0 Å². The van der Waals surface area contributed by atoms with Crippen molar-refractivity contribution in [3.63, 3.8) is 0 Å². The predicted octanol–water partition coefficient (Wildman–Crippen LogP) is 3.06. The number of terminal acetylenes is 1. The Morgan fingerprint density at radius 2 is 2.12 bits per heavy atom. The summed E-state index contributed by atoms with van der Waals surface area (Å²) in [5.41, 5.74) is 4.17. The zero-order valence-corrected chi connectivity index (χ0v) is 10.1. The van der Waals surface area contributed by atoms with Gasteiger partial charge in [-0.3, -0.25) is 0 Å². The van der Waals surface area contributed by atoms with Gasteiger partial charge in [-0.05, 0) is 29.7 Å². The van der Waals surface area contributed by atoms with E-state index in [0.29, 0.717) is 0 Å². The Morgan fingerprint density at radius 3 is 2.62 bits per heavy atom. The molecule has 0 aliphatic heterocycles. The highest BCUT2D eigenvalue weighted by atomic mass is 15.0. The van der Waals surface area contributed by atoms with Gasteiger partial charge in [-0.2, -0.15) is 0 Å². The van der Waals surface area contributed by atoms with E-state index in [-0.39, 0.29) is 0 Å². The summed E-state index contributed by atoms with van der Waals surface area (Å²) in [6.07, 6.45) is 9.36. The average molecular weight is 211 g/mol. The fourth-order valence-corrected chi connectivity index (χ4v) is 1.54. The molecule has 1 aromatic rings. The fourth-order valence-electron chi connectivity index (χ4n) is 1.54. The van der Waals surface area contributed by atoms with Crippen LogP contribution in [-0.2, 0) is 0 Å². The molecule has 16 heavy (non-hydrogen) atoms. The highest BCUT2D eigenvalue weighted by Gasteiger charge is 2.04. The van der Waals surface area contributed by atoms with E-state index in [1.165, 1.54) is 5.56 Å². The van der Waals surface area contributed by atoms with Crippen LogP contribution in [0.4, 0.5) is 0 Å². The molecule has 0 unspecified atom stereocenters. The molecule has 0 aromatic heterocycles. The molecular weight excluding hydrogens is 194 g/mol. The fraction of sp³-hybridized carbons (Fsp3) is 0.200. The summed E-state index contributed by atoms with van der Waals surface area (Å²) < 4.78 is 0. The molecule has 1 nitrogen and oxygen atoms in total. The van der Waals surface area contributed by atoms with Gasteiger partial charge >= 0.3 is 0 Å². The van der Waals surface area contributed by atoms with Gasteiger partial charge < -0.3 is 4.90 Å². The highest BCUT2D eigenvalue weighted by Crippen LogP contribution is 2.21. The maximum atomic E-state index is 5.52.